The number of nitrogens with two attached hydrogens (primary N) is 1. The van der Waals surface area contributed by atoms with E-state index in [1.165, 1.54) is 6.92 Å². The van der Waals surface area contributed by atoms with Crippen LogP contribution in [-0.4, -0.2) is 36.1 Å². The van der Waals surface area contributed by atoms with Gasteiger partial charge in [-0.05, 0) is 19.3 Å². The van der Waals surface area contributed by atoms with Gasteiger partial charge >= 0.3 is 0 Å². The second-order valence-corrected chi connectivity index (χ2v) is 7.32. The molecule has 1 aromatic rings. The summed E-state index contributed by atoms with van der Waals surface area (Å²) in [6.07, 6.45) is 1.92. The molecule has 1 amide bonds. The lowest BCUT2D eigenvalue weighted by molar-refractivity contribution is -0.114. The fourth-order valence-corrected chi connectivity index (χ4v) is 3.42. The standard InChI is InChI=1S/C9H15N5O3S3/c1-6(15)12-8-13-14-9(19-8)20(16,17)11-5-3-2-4-7(10)18/h11H,2-5H2,1H3,(H2,10,18)(H,12,13,15). The summed E-state index contributed by atoms with van der Waals surface area (Å²) in [5.41, 5.74) is 5.34. The number of sulfonamides is 1. The topological polar surface area (TPSA) is 127 Å². The van der Waals surface area contributed by atoms with E-state index in [4.69, 9.17) is 18.0 Å². The van der Waals surface area contributed by atoms with E-state index in [2.05, 4.69) is 20.2 Å². The molecule has 0 aliphatic rings. The minimum absolute atomic E-state index is 0.145. The average Bonchev–Trinajstić information content (AvgIpc) is 2.76. The smallest absolute Gasteiger partial charge is 0.269 e. The summed E-state index contributed by atoms with van der Waals surface area (Å²) in [5.74, 6) is -0.337. The molecule has 0 spiro atoms. The van der Waals surface area contributed by atoms with Crippen molar-refractivity contribution in [2.45, 2.75) is 30.5 Å². The van der Waals surface area contributed by atoms with Gasteiger partial charge in [0, 0.05) is 13.5 Å². The predicted octanol–water partition coefficient (Wildman–Crippen LogP) is 0.231. The number of anilines is 1. The van der Waals surface area contributed by atoms with Gasteiger partial charge in [0.1, 0.15) is 0 Å². The largest absolute Gasteiger partial charge is 0.393 e. The second-order valence-electron chi connectivity index (χ2n) is 3.88. The lowest BCUT2D eigenvalue weighted by Gasteiger charge is -2.02. The van der Waals surface area contributed by atoms with Crippen LogP contribution in [0.4, 0.5) is 5.13 Å². The van der Waals surface area contributed by atoms with E-state index in [1.807, 2.05) is 0 Å². The average molecular weight is 337 g/mol. The van der Waals surface area contributed by atoms with Crippen LogP contribution >= 0.6 is 23.6 Å². The summed E-state index contributed by atoms with van der Waals surface area (Å²) >= 11 is 5.51. The van der Waals surface area contributed by atoms with Gasteiger partial charge in [-0.25, -0.2) is 13.1 Å². The Bertz CT molecular complexity index is 583. The highest BCUT2D eigenvalue weighted by Gasteiger charge is 2.19. The molecule has 20 heavy (non-hydrogen) atoms. The van der Waals surface area contributed by atoms with Gasteiger partial charge < -0.3 is 11.1 Å². The van der Waals surface area contributed by atoms with Crippen LogP contribution in [0.2, 0.25) is 0 Å². The van der Waals surface area contributed by atoms with Crippen LogP contribution in [0.3, 0.4) is 0 Å². The van der Waals surface area contributed by atoms with Gasteiger partial charge in [0.2, 0.25) is 15.4 Å². The Morgan fingerprint density at radius 3 is 2.70 bits per heavy atom. The van der Waals surface area contributed by atoms with Crippen molar-refractivity contribution in [3.8, 4) is 0 Å². The first-order chi connectivity index (χ1) is 9.31. The molecule has 112 valence electrons. The summed E-state index contributed by atoms with van der Waals surface area (Å²) < 4.78 is 25.9. The van der Waals surface area contributed by atoms with Gasteiger partial charge in [-0.2, -0.15) is 0 Å². The number of nitrogens with one attached hydrogen (secondary N) is 2. The van der Waals surface area contributed by atoms with Crippen molar-refractivity contribution >= 4 is 49.6 Å². The summed E-state index contributed by atoms with van der Waals surface area (Å²) in [5, 5.41) is 9.62. The van der Waals surface area contributed by atoms with Crippen molar-refractivity contribution in [2.24, 2.45) is 5.73 Å². The van der Waals surface area contributed by atoms with Crippen LogP contribution < -0.4 is 15.8 Å². The van der Waals surface area contributed by atoms with Crippen LogP contribution in [0.1, 0.15) is 26.2 Å². The van der Waals surface area contributed by atoms with Crippen molar-refractivity contribution < 1.29 is 13.2 Å². The van der Waals surface area contributed by atoms with E-state index >= 15 is 0 Å². The highest BCUT2D eigenvalue weighted by atomic mass is 32.2. The van der Waals surface area contributed by atoms with E-state index in [0.717, 1.165) is 11.3 Å². The molecule has 0 fully saturated rings. The molecular formula is C9H15N5O3S3. The molecule has 8 nitrogen and oxygen atoms in total. The molecule has 0 unspecified atom stereocenters. The maximum Gasteiger partial charge on any atom is 0.269 e. The number of thiocarbonyl (C=S) groups is 1. The van der Waals surface area contributed by atoms with Crippen molar-refractivity contribution in [2.75, 3.05) is 11.9 Å². The first-order valence-electron chi connectivity index (χ1n) is 5.70. The van der Waals surface area contributed by atoms with Crippen molar-refractivity contribution in [3.63, 3.8) is 0 Å². The Morgan fingerprint density at radius 2 is 2.10 bits per heavy atom. The number of hydrogen-bond donors (Lipinski definition) is 3. The lowest BCUT2D eigenvalue weighted by Crippen LogP contribution is -2.25. The molecule has 0 radical (unpaired) electrons. The first kappa shape index (κ1) is 16.9. The minimum Gasteiger partial charge on any atom is -0.393 e. The van der Waals surface area contributed by atoms with Gasteiger partial charge in [0.25, 0.3) is 10.0 Å². The predicted molar refractivity (Wildman–Crippen MR) is 80.0 cm³/mol. The van der Waals surface area contributed by atoms with Gasteiger partial charge in [-0.3, -0.25) is 4.79 Å². The minimum atomic E-state index is -3.70. The fourth-order valence-electron chi connectivity index (χ4n) is 1.21. The number of hydrogen-bond acceptors (Lipinski definition) is 7. The second kappa shape index (κ2) is 7.57. The number of rotatable bonds is 8. The zero-order valence-electron chi connectivity index (χ0n) is 10.7. The Balaban J connectivity index is 2.49. The number of nitrogens with zero attached hydrogens (tertiary/aromatic N) is 2. The number of carbonyl (C=O) groups is 1. The third-order valence-corrected chi connectivity index (χ3v) is 4.93. The van der Waals surface area contributed by atoms with E-state index in [0.29, 0.717) is 24.3 Å². The Hall–Kier alpha value is -1.17. The Morgan fingerprint density at radius 1 is 1.40 bits per heavy atom. The number of carbonyl (C=O) groups excluding carboxylic acids is 1. The Labute approximate surface area is 126 Å². The zero-order valence-corrected chi connectivity index (χ0v) is 13.2. The number of unbranched alkanes of at least 4 members (excludes halogenated alkanes) is 1. The van der Waals surface area contributed by atoms with Crippen LogP contribution in [-0.2, 0) is 14.8 Å². The molecule has 0 saturated carbocycles. The van der Waals surface area contributed by atoms with Crippen LogP contribution in [0.25, 0.3) is 0 Å². The molecule has 0 aromatic carbocycles. The molecule has 0 saturated heterocycles. The molecular weight excluding hydrogens is 322 g/mol. The molecule has 11 heteroatoms. The molecule has 1 rings (SSSR count). The lowest BCUT2D eigenvalue weighted by atomic mass is 10.2. The zero-order chi connectivity index (χ0) is 15.2. The molecule has 0 aliphatic carbocycles. The quantitative estimate of drug-likeness (QED) is 0.352. The van der Waals surface area contributed by atoms with E-state index in [9.17, 15) is 13.2 Å². The van der Waals surface area contributed by atoms with Crippen LogP contribution in [0, 0.1) is 0 Å². The molecule has 0 atom stereocenters. The summed E-state index contributed by atoms with van der Waals surface area (Å²) in [6.45, 7) is 1.57. The third-order valence-electron chi connectivity index (χ3n) is 2.06. The molecule has 4 N–H and O–H groups in total. The fraction of sp³-hybridized carbons (Fsp3) is 0.556. The third kappa shape index (κ3) is 5.86. The summed E-state index contributed by atoms with van der Waals surface area (Å²) in [4.78, 5) is 11.2. The van der Waals surface area contributed by atoms with E-state index in [-0.39, 0.29) is 21.9 Å². The van der Waals surface area contributed by atoms with Crippen molar-refractivity contribution in [1.82, 2.24) is 14.9 Å². The maximum atomic E-state index is 11.9. The summed E-state index contributed by atoms with van der Waals surface area (Å²) in [6, 6.07) is 0. The monoisotopic (exact) mass is 337 g/mol. The number of aromatic nitrogens is 2. The van der Waals surface area contributed by atoms with Gasteiger partial charge in [-0.15, -0.1) is 10.2 Å². The van der Waals surface area contributed by atoms with Gasteiger partial charge in [0.15, 0.2) is 0 Å². The highest BCUT2D eigenvalue weighted by molar-refractivity contribution is 7.91. The first-order valence-corrected chi connectivity index (χ1v) is 8.41. The normalized spacial score (nSPS) is 11.2. The molecule has 0 bridgehead atoms. The van der Waals surface area contributed by atoms with Crippen molar-refractivity contribution in [3.05, 3.63) is 0 Å². The highest BCUT2D eigenvalue weighted by Crippen LogP contribution is 2.19. The van der Waals surface area contributed by atoms with Gasteiger partial charge in [0.05, 0.1) is 4.99 Å². The summed E-state index contributed by atoms with van der Waals surface area (Å²) in [7, 11) is -3.70. The molecule has 1 heterocycles. The van der Waals surface area contributed by atoms with Crippen molar-refractivity contribution in [1.29, 1.82) is 0 Å². The van der Waals surface area contributed by atoms with Gasteiger partial charge in [-0.1, -0.05) is 23.6 Å². The SMILES string of the molecule is CC(=O)Nc1nnc(S(=O)(=O)NCCCCC(N)=S)s1. The molecule has 1 aromatic heterocycles. The maximum absolute atomic E-state index is 11.9. The number of amides is 1. The Kier molecular flexibility index (Phi) is 6.39. The van der Waals surface area contributed by atoms with E-state index in [1.54, 1.807) is 0 Å². The van der Waals surface area contributed by atoms with Crippen LogP contribution in [0.15, 0.2) is 4.34 Å². The van der Waals surface area contributed by atoms with E-state index < -0.39 is 10.0 Å². The van der Waals surface area contributed by atoms with Crippen LogP contribution in [0.5, 0.6) is 0 Å². The molecule has 0 aliphatic heterocycles.